The molecule has 9 aromatic rings. The molecule has 0 heteroatoms. The first-order valence-electron chi connectivity index (χ1n) is 19.3. The quantitative estimate of drug-likeness (QED) is 0.162. The van der Waals surface area contributed by atoms with Crippen molar-refractivity contribution < 1.29 is 0 Å². The molecule has 0 fully saturated rings. The molecule has 9 aromatic carbocycles. The van der Waals surface area contributed by atoms with Crippen molar-refractivity contribution in [1.29, 1.82) is 0 Å². The monoisotopic (exact) mass is 688 g/mol. The van der Waals surface area contributed by atoms with E-state index in [0.717, 1.165) is 0 Å². The molecular weight excluding hydrogens is 649 g/mol. The average Bonchev–Trinajstić information content (AvgIpc) is 3.58. The Balaban J connectivity index is 1.04. The third kappa shape index (κ3) is 4.32. The van der Waals surface area contributed by atoms with E-state index in [-0.39, 0.29) is 10.8 Å². The van der Waals surface area contributed by atoms with Crippen molar-refractivity contribution in [3.8, 4) is 55.6 Å². The van der Waals surface area contributed by atoms with E-state index in [4.69, 9.17) is 0 Å². The Labute approximate surface area is 317 Å². The number of benzene rings is 9. The fourth-order valence-electron chi connectivity index (χ4n) is 10.1. The minimum absolute atomic E-state index is 0.0212. The highest BCUT2D eigenvalue weighted by molar-refractivity contribution is 6.21. The normalized spacial score (nSPS) is 14.6. The zero-order valence-corrected chi connectivity index (χ0v) is 31.2. The van der Waals surface area contributed by atoms with Crippen LogP contribution >= 0.6 is 0 Å². The van der Waals surface area contributed by atoms with Gasteiger partial charge in [0, 0.05) is 10.8 Å². The van der Waals surface area contributed by atoms with Crippen LogP contribution in [0.2, 0.25) is 0 Å². The van der Waals surface area contributed by atoms with Gasteiger partial charge in [0.05, 0.1) is 0 Å². The minimum Gasteiger partial charge on any atom is -0.0619 e. The summed E-state index contributed by atoms with van der Waals surface area (Å²) in [5, 5.41) is 7.68. The molecule has 0 aromatic heterocycles. The van der Waals surface area contributed by atoms with E-state index in [0.29, 0.717) is 0 Å². The van der Waals surface area contributed by atoms with Gasteiger partial charge in [0.1, 0.15) is 0 Å². The van der Waals surface area contributed by atoms with Crippen LogP contribution in [0.5, 0.6) is 0 Å². The van der Waals surface area contributed by atoms with Crippen molar-refractivity contribution in [3.63, 3.8) is 0 Å². The molecule has 0 radical (unpaired) electrons. The lowest BCUT2D eigenvalue weighted by Crippen LogP contribution is -2.15. The van der Waals surface area contributed by atoms with Gasteiger partial charge in [-0.3, -0.25) is 0 Å². The number of fused-ring (bicyclic) bond motifs is 9. The summed E-state index contributed by atoms with van der Waals surface area (Å²) in [6.45, 7) is 9.55. The maximum atomic E-state index is 2.49. The highest BCUT2D eigenvalue weighted by Gasteiger charge is 2.37. The molecule has 2 aliphatic rings. The average molecular weight is 689 g/mol. The number of hydrogen-bond acceptors (Lipinski definition) is 0. The first-order valence-corrected chi connectivity index (χ1v) is 19.3. The van der Waals surface area contributed by atoms with E-state index < -0.39 is 0 Å². The summed E-state index contributed by atoms with van der Waals surface area (Å²) in [7, 11) is 0. The SMILES string of the molecule is CC1(C)c2ccccc2-c2ccc(-c3ccc4c(c3)C(C)(C)c3cc(-c5c6ccccc6c(-c6ccc7ccccc7c6)c6ccccc56)ccc3-4)cc21. The Kier molecular flexibility index (Phi) is 6.46. The second-order valence-electron chi connectivity index (χ2n) is 16.5. The molecule has 2 aliphatic carbocycles. The smallest absolute Gasteiger partial charge is 0.0159 e. The largest absolute Gasteiger partial charge is 0.0619 e. The van der Waals surface area contributed by atoms with Gasteiger partial charge in [-0.25, -0.2) is 0 Å². The van der Waals surface area contributed by atoms with Crippen molar-refractivity contribution in [2.45, 2.75) is 38.5 Å². The van der Waals surface area contributed by atoms with Crippen LogP contribution in [0, 0.1) is 0 Å². The summed E-state index contributed by atoms with van der Waals surface area (Å²) < 4.78 is 0. The lowest BCUT2D eigenvalue weighted by Gasteiger charge is -2.24. The van der Waals surface area contributed by atoms with Crippen LogP contribution in [-0.4, -0.2) is 0 Å². The van der Waals surface area contributed by atoms with E-state index in [2.05, 4.69) is 198 Å². The molecule has 0 heterocycles. The Morgan fingerprint density at radius 3 is 1.20 bits per heavy atom. The minimum atomic E-state index is -0.153. The molecule has 0 nitrogen and oxygen atoms in total. The lowest BCUT2D eigenvalue weighted by molar-refractivity contribution is 0.659. The molecule has 0 N–H and O–H groups in total. The van der Waals surface area contributed by atoms with Gasteiger partial charge in [-0.1, -0.05) is 173 Å². The van der Waals surface area contributed by atoms with E-state index in [1.807, 2.05) is 0 Å². The zero-order valence-electron chi connectivity index (χ0n) is 31.2. The molecule has 0 bridgehead atoms. The van der Waals surface area contributed by atoms with Crippen LogP contribution in [-0.2, 0) is 10.8 Å². The van der Waals surface area contributed by atoms with Crippen LogP contribution in [0.4, 0.5) is 0 Å². The zero-order chi connectivity index (χ0) is 36.3. The maximum Gasteiger partial charge on any atom is 0.0159 e. The van der Waals surface area contributed by atoms with Gasteiger partial charge in [-0.2, -0.15) is 0 Å². The van der Waals surface area contributed by atoms with Crippen molar-refractivity contribution in [1.82, 2.24) is 0 Å². The third-order valence-electron chi connectivity index (χ3n) is 12.9. The van der Waals surface area contributed by atoms with Gasteiger partial charge in [0.25, 0.3) is 0 Å². The first-order chi connectivity index (χ1) is 26.3. The van der Waals surface area contributed by atoms with Crippen LogP contribution in [0.15, 0.2) is 170 Å². The maximum absolute atomic E-state index is 2.49. The van der Waals surface area contributed by atoms with E-state index >= 15 is 0 Å². The standard InChI is InChI=1S/C54H40/c1-53(2)47-20-12-11-15-39(47)40-26-23-35(30-48(40)53)36-24-27-41-42-28-25-38(32-50(42)54(3,4)49(41)31-36)52-45-18-9-7-16-43(45)51(44-17-8-10-19-46(44)52)37-22-21-33-13-5-6-14-34(33)29-37/h5-32H,1-4H3. The third-order valence-corrected chi connectivity index (χ3v) is 12.9. The molecule has 0 spiro atoms. The molecule has 0 saturated heterocycles. The van der Waals surface area contributed by atoms with Crippen LogP contribution in [0.1, 0.15) is 49.9 Å². The topological polar surface area (TPSA) is 0 Å². The van der Waals surface area contributed by atoms with E-state index in [1.165, 1.54) is 110 Å². The predicted molar refractivity (Wildman–Crippen MR) is 230 cm³/mol. The van der Waals surface area contributed by atoms with Crippen molar-refractivity contribution in [2.24, 2.45) is 0 Å². The van der Waals surface area contributed by atoms with Gasteiger partial charge in [0.2, 0.25) is 0 Å². The summed E-state index contributed by atoms with van der Waals surface area (Å²) in [5.41, 5.74) is 18.6. The first kappa shape index (κ1) is 31.3. The van der Waals surface area contributed by atoms with Gasteiger partial charge >= 0.3 is 0 Å². The van der Waals surface area contributed by atoms with Crippen molar-refractivity contribution in [2.75, 3.05) is 0 Å². The second-order valence-corrected chi connectivity index (χ2v) is 16.5. The molecule has 54 heavy (non-hydrogen) atoms. The van der Waals surface area contributed by atoms with Gasteiger partial charge in [-0.05, 0) is 134 Å². The summed E-state index contributed by atoms with van der Waals surface area (Å²) in [6.07, 6.45) is 0. The van der Waals surface area contributed by atoms with E-state index in [9.17, 15) is 0 Å². The van der Waals surface area contributed by atoms with E-state index in [1.54, 1.807) is 0 Å². The number of rotatable bonds is 3. The highest BCUT2D eigenvalue weighted by Crippen LogP contribution is 2.53. The molecule has 11 rings (SSSR count). The fourth-order valence-corrected chi connectivity index (χ4v) is 10.1. The molecular formula is C54H40. The molecule has 0 aliphatic heterocycles. The molecule has 256 valence electrons. The Morgan fingerprint density at radius 2 is 0.648 bits per heavy atom. The molecule has 0 atom stereocenters. The summed E-state index contributed by atoms with van der Waals surface area (Å²) in [6, 6.07) is 64.0. The summed E-state index contributed by atoms with van der Waals surface area (Å²) in [4.78, 5) is 0. The second kappa shape index (κ2) is 11.1. The van der Waals surface area contributed by atoms with Gasteiger partial charge in [0.15, 0.2) is 0 Å². The highest BCUT2D eigenvalue weighted by atomic mass is 14.4. The van der Waals surface area contributed by atoms with Crippen LogP contribution < -0.4 is 0 Å². The summed E-state index contributed by atoms with van der Waals surface area (Å²) >= 11 is 0. The Hall–Kier alpha value is -6.24. The molecule has 0 unspecified atom stereocenters. The van der Waals surface area contributed by atoms with Crippen LogP contribution in [0.25, 0.3) is 88.0 Å². The van der Waals surface area contributed by atoms with Gasteiger partial charge < -0.3 is 0 Å². The van der Waals surface area contributed by atoms with Crippen LogP contribution in [0.3, 0.4) is 0 Å². The van der Waals surface area contributed by atoms with Gasteiger partial charge in [-0.15, -0.1) is 0 Å². The van der Waals surface area contributed by atoms with Crippen molar-refractivity contribution >= 4 is 32.3 Å². The van der Waals surface area contributed by atoms with Crippen molar-refractivity contribution in [3.05, 3.63) is 192 Å². The lowest BCUT2D eigenvalue weighted by atomic mass is 9.79. The predicted octanol–water partition coefficient (Wildman–Crippen LogP) is 14.8. The number of hydrogen-bond donors (Lipinski definition) is 0. The Bertz CT molecular complexity index is 2990. The molecule has 0 amide bonds. The Morgan fingerprint density at radius 1 is 0.278 bits per heavy atom. The summed E-state index contributed by atoms with van der Waals surface area (Å²) in [5.74, 6) is 0. The fraction of sp³-hybridized carbons (Fsp3) is 0.111. The molecule has 0 saturated carbocycles.